The lowest BCUT2D eigenvalue weighted by Gasteiger charge is -2.32. The van der Waals surface area contributed by atoms with E-state index in [1.807, 2.05) is 60.7 Å². The quantitative estimate of drug-likeness (QED) is 0.392. The van der Waals surface area contributed by atoms with Gasteiger partial charge in [0.2, 0.25) is 0 Å². The third-order valence-corrected chi connectivity index (χ3v) is 7.67. The van der Waals surface area contributed by atoms with Crippen molar-refractivity contribution in [2.75, 3.05) is 0 Å². The minimum Gasteiger partial charge on any atom is -0.338 e. The molecule has 3 aromatic carbocycles. The Labute approximate surface area is 178 Å². The zero-order valence-corrected chi connectivity index (χ0v) is 17.7. The Bertz CT molecular complexity index is 1060. The Morgan fingerprint density at radius 1 is 0.900 bits per heavy atom. The Morgan fingerprint density at radius 3 is 2.17 bits per heavy atom. The van der Waals surface area contributed by atoms with E-state index in [4.69, 9.17) is 0 Å². The van der Waals surface area contributed by atoms with Gasteiger partial charge in [-0.15, -0.1) is 0 Å². The highest BCUT2D eigenvalue weighted by molar-refractivity contribution is 7.70. The van der Waals surface area contributed by atoms with Gasteiger partial charge in [-0.2, -0.15) is 0 Å². The lowest BCUT2D eigenvalue weighted by Crippen LogP contribution is -2.30. The van der Waals surface area contributed by atoms with Crippen LogP contribution in [0.3, 0.4) is 0 Å². The van der Waals surface area contributed by atoms with Crippen LogP contribution >= 0.6 is 7.37 Å². The first-order valence-electron chi connectivity index (χ1n) is 10.2. The first-order chi connectivity index (χ1) is 14.7. The van der Waals surface area contributed by atoms with Crippen LogP contribution in [0.2, 0.25) is 0 Å². The van der Waals surface area contributed by atoms with Crippen molar-refractivity contribution in [3.8, 4) is 0 Å². The van der Waals surface area contributed by atoms with Crippen molar-refractivity contribution in [1.29, 1.82) is 0 Å². The molecule has 2 N–H and O–H groups in total. The SMILES string of the molecule is O=P(O)(C1=CCC=C[C@@H]1[C@H](NCc1ccccc1)c1ccccc1)c1ccccc1. The molecular formula is C26H26NO2P. The van der Waals surface area contributed by atoms with E-state index in [0.717, 1.165) is 5.56 Å². The third kappa shape index (κ3) is 4.55. The van der Waals surface area contributed by atoms with Crippen molar-refractivity contribution < 1.29 is 9.46 Å². The zero-order chi connectivity index (χ0) is 20.8. The molecule has 0 saturated carbocycles. The predicted molar refractivity (Wildman–Crippen MR) is 124 cm³/mol. The summed E-state index contributed by atoms with van der Waals surface area (Å²) in [5, 5.41) is 4.73. The molecular weight excluding hydrogens is 389 g/mol. The van der Waals surface area contributed by atoms with E-state index < -0.39 is 7.37 Å². The second kappa shape index (κ2) is 9.40. The van der Waals surface area contributed by atoms with Gasteiger partial charge in [-0.25, -0.2) is 0 Å². The van der Waals surface area contributed by atoms with Gasteiger partial charge in [0.25, 0.3) is 7.37 Å². The topological polar surface area (TPSA) is 49.3 Å². The van der Waals surface area contributed by atoms with E-state index in [9.17, 15) is 9.46 Å². The molecule has 4 heteroatoms. The van der Waals surface area contributed by atoms with Crippen molar-refractivity contribution >= 4 is 12.7 Å². The Kier molecular flexibility index (Phi) is 6.44. The lowest BCUT2D eigenvalue weighted by molar-refractivity contribution is 0.446. The molecule has 0 saturated heterocycles. The van der Waals surface area contributed by atoms with Gasteiger partial charge >= 0.3 is 0 Å². The number of rotatable bonds is 7. The minimum atomic E-state index is -3.68. The second-order valence-electron chi connectivity index (χ2n) is 7.49. The predicted octanol–water partition coefficient (Wildman–Crippen LogP) is 5.57. The van der Waals surface area contributed by atoms with Gasteiger partial charge in [-0.1, -0.05) is 97.1 Å². The Hall–Kier alpha value is -2.71. The standard InChI is InChI=1S/C26H26NO2P/c28-30(29,23-16-8-3-9-17-23)25-19-11-10-18-24(25)26(22-14-6-2-7-15-22)27-20-21-12-4-1-5-13-21/h1-10,12-19,24,26-27H,11,20H2,(H,28,29)/t24-,26+/m0/s1. The molecule has 1 unspecified atom stereocenters. The minimum absolute atomic E-state index is 0.113. The van der Waals surface area contributed by atoms with E-state index in [1.54, 1.807) is 12.1 Å². The molecule has 0 amide bonds. The van der Waals surface area contributed by atoms with Crippen LogP contribution < -0.4 is 10.6 Å². The Morgan fingerprint density at radius 2 is 1.50 bits per heavy atom. The highest BCUT2D eigenvalue weighted by Gasteiger charge is 2.36. The average molecular weight is 415 g/mol. The number of nitrogens with one attached hydrogen (secondary N) is 1. The molecule has 0 spiro atoms. The van der Waals surface area contributed by atoms with Crippen molar-refractivity contribution in [2.24, 2.45) is 5.92 Å². The van der Waals surface area contributed by atoms with Crippen LogP contribution in [0.1, 0.15) is 23.6 Å². The van der Waals surface area contributed by atoms with Crippen molar-refractivity contribution in [1.82, 2.24) is 5.32 Å². The highest BCUT2D eigenvalue weighted by Crippen LogP contribution is 2.55. The summed E-state index contributed by atoms with van der Waals surface area (Å²) >= 11 is 0. The first kappa shape index (κ1) is 20.6. The Balaban J connectivity index is 1.69. The van der Waals surface area contributed by atoms with Crippen LogP contribution in [0.4, 0.5) is 0 Å². The summed E-state index contributed by atoms with van der Waals surface area (Å²) in [4.78, 5) is 11.2. The van der Waals surface area contributed by atoms with Crippen LogP contribution in [0.5, 0.6) is 0 Å². The largest absolute Gasteiger partial charge is 0.338 e. The van der Waals surface area contributed by atoms with E-state index >= 15 is 0 Å². The molecule has 0 aromatic heterocycles. The van der Waals surface area contributed by atoms with Gasteiger partial charge in [0.05, 0.1) is 0 Å². The summed E-state index contributed by atoms with van der Waals surface area (Å²) in [5.74, 6) is -0.207. The van der Waals surface area contributed by atoms with Crippen LogP contribution in [-0.4, -0.2) is 4.89 Å². The molecule has 4 rings (SSSR count). The summed E-state index contributed by atoms with van der Waals surface area (Å²) in [6, 6.07) is 29.3. The molecule has 3 nitrogen and oxygen atoms in total. The van der Waals surface area contributed by atoms with Crippen molar-refractivity contribution in [3.05, 3.63) is 126 Å². The van der Waals surface area contributed by atoms with E-state index in [-0.39, 0.29) is 12.0 Å². The van der Waals surface area contributed by atoms with E-state index in [1.165, 1.54) is 5.56 Å². The fraction of sp³-hybridized carbons (Fsp3) is 0.154. The monoisotopic (exact) mass is 415 g/mol. The van der Waals surface area contributed by atoms with Gasteiger partial charge in [-0.3, -0.25) is 4.57 Å². The van der Waals surface area contributed by atoms with Crippen LogP contribution in [0.15, 0.2) is 115 Å². The summed E-state index contributed by atoms with van der Waals surface area (Å²) in [6.45, 7) is 0.680. The normalized spacial score (nSPS) is 19.0. The van der Waals surface area contributed by atoms with Gasteiger partial charge in [0.15, 0.2) is 0 Å². The molecule has 0 aliphatic heterocycles. The van der Waals surface area contributed by atoms with E-state index in [2.05, 4.69) is 41.7 Å². The molecule has 0 heterocycles. The van der Waals surface area contributed by atoms with Gasteiger partial charge in [0.1, 0.15) is 0 Å². The molecule has 30 heavy (non-hydrogen) atoms. The molecule has 3 aromatic rings. The molecule has 0 bridgehead atoms. The maximum Gasteiger partial charge on any atom is 0.255 e. The number of benzene rings is 3. The molecule has 0 fully saturated rings. The maximum atomic E-state index is 13.6. The fourth-order valence-electron chi connectivity index (χ4n) is 3.97. The average Bonchev–Trinajstić information content (AvgIpc) is 2.81. The lowest BCUT2D eigenvalue weighted by atomic mass is 9.89. The number of hydrogen-bond acceptors (Lipinski definition) is 2. The van der Waals surface area contributed by atoms with Crippen molar-refractivity contribution in [3.63, 3.8) is 0 Å². The van der Waals surface area contributed by atoms with Crippen molar-refractivity contribution in [2.45, 2.75) is 19.0 Å². The zero-order valence-electron chi connectivity index (χ0n) is 16.8. The smallest absolute Gasteiger partial charge is 0.255 e. The van der Waals surface area contributed by atoms with Gasteiger partial charge in [0, 0.05) is 29.1 Å². The third-order valence-electron chi connectivity index (χ3n) is 5.49. The molecule has 152 valence electrons. The summed E-state index contributed by atoms with van der Waals surface area (Å²) < 4.78 is 13.6. The summed E-state index contributed by atoms with van der Waals surface area (Å²) in [5.41, 5.74) is 2.28. The number of hydrogen-bond donors (Lipinski definition) is 2. The van der Waals surface area contributed by atoms with E-state index in [0.29, 0.717) is 23.6 Å². The van der Waals surface area contributed by atoms with Gasteiger partial charge in [-0.05, 0) is 29.7 Å². The summed E-state index contributed by atoms with van der Waals surface area (Å²) in [6.07, 6.45) is 6.76. The first-order valence-corrected chi connectivity index (χ1v) is 11.9. The molecule has 3 atom stereocenters. The fourth-order valence-corrected chi connectivity index (χ4v) is 5.84. The van der Waals surface area contributed by atoms with Crippen LogP contribution in [0, 0.1) is 5.92 Å². The highest BCUT2D eigenvalue weighted by atomic mass is 31.2. The molecule has 1 aliphatic carbocycles. The van der Waals surface area contributed by atoms with Crippen LogP contribution in [0.25, 0.3) is 0 Å². The van der Waals surface area contributed by atoms with Gasteiger partial charge < -0.3 is 10.2 Å². The van der Waals surface area contributed by atoms with Crippen LogP contribution in [-0.2, 0) is 11.1 Å². The number of allylic oxidation sites excluding steroid dienone is 2. The molecule has 0 radical (unpaired) electrons. The molecule has 1 aliphatic rings. The second-order valence-corrected chi connectivity index (χ2v) is 9.67. The summed E-state index contributed by atoms with van der Waals surface area (Å²) in [7, 11) is -3.68. The maximum absolute atomic E-state index is 13.6.